The van der Waals surface area contributed by atoms with Gasteiger partial charge in [0.1, 0.15) is 0 Å². The Morgan fingerprint density at radius 3 is 1.59 bits per heavy atom. The molecule has 1 atom stereocenters. The predicted molar refractivity (Wildman–Crippen MR) is 162 cm³/mol. The first-order valence-electron chi connectivity index (χ1n) is 13.0. The van der Waals surface area contributed by atoms with Crippen molar-refractivity contribution in [2.24, 2.45) is 0 Å². The smallest absolute Gasteiger partial charge is 0.374 e. The first-order chi connectivity index (χ1) is 15.8. The van der Waals surface area contributed by atoms with Crippen LogP contribution in [0.5, 0.6) is 0 Å². The second-order valence-corrected chi connectivity index (χ2v) is 28.3. The fourth-order valence-electron chi connectivity index (χ4n) is 5.62. The van der Waals surface area contributed by atoms with Gasteiger partial charge in [0.2, 0.25) is 0 Å². The maximum absolute atomic E-state index is 6.35. The Kier molecular flexibility index (Phi) is 12.2. The third-order valence-electron chi connectivity index (χ3n) is 7.00. The molecule has 0 saturated heterocycles. The van der Waals surface area contributed by atoms with Crippen LogP contribution in [0.1, 0.15) is 20.8 Å². The van der Waals surface area contributed by atoms with Crippen LogP contribution in [0.3, 0.4) is 0 Å². The highest BCUT2D eigenvalue weighted by Gasteiger charge is 2.50. The van der Waals surface area contributed by atoms with Crippen molar-refractivity contribution in [2.45, 2.75) is 89.8 Å². The zero-order valence-corrected chi connectivity index (χ0v) is 27.7. The molecule has 1 unspecified atom stereocenters. The van der Waals surface area contributed by atoms with Crippen LogP contribution >= 0.6 is 0 Å². The van der Waals surface area contributed by atoms with Gasteiger partial charge in [0, 0.05) is 25.9 Å². The molecule has 0 bridgehead atoms. The monoisotopic (exact) mass is 536 g/mol. The molecule has 0 radical (unpaired) electrons. The summed E-state index contributed by atoms with van der Waals surface area (Å²) in [4.78, 5) is 0. The topological polar surface area (TPSA) is 27.7 Å². The lowest BCUT2D eigenvalue weighted by Crippen LogP contribution is -2.47. The largest absolute Gasteiger partial charge is 0.505 e. The molecule has 7 heteroatoms. The van der Waals surface area contributed by atoms with Crippen LogP contribution in [0.25, 0.3) is 0 Å². The Hall–Kier alpha value is -0.552. The molecule has 0 N–H and O–H groups in total. The molecule has 3 nitrogen and oxygen atoms in total. The molecule has 0 spiro atoms. The maximum Gasteiger partial charge on any atom is 0.505 e. The minimum absolute atomic E-state index is 0.519. The third kappa shape index (κ3) is 7.48. The normalized spacial score (nSPS) is 17.7. The summed E-state index contributed by atoms with van der Waals surface area (Å²) in [6.45, 7) is 35.6. The standard InChI is InChI=1S/C27H52O3Si4/c1-13-19-31(7,8)25-22-24(23-34(28-16-4,29-17-5)30-18-6)26(32(9,10)20-14-2)27(25)33(11,12)21-15-3/h13-15,22,25H,1-3,16-21,23H2,4-12H3. The lowest BCUT2D eigenvalue weighted by molar-refractivity contribution is 0.0738. The van der Waals surface area contributed by atoms with Crippen LogP contribution in [0.15, 0.2) is 60.0 Å². The Morgan fingerprint density at radius 1 is 0.735 bits per heavy atom. The fourth-order valence-corrected chi connectivity index (χ4v) is 21.1. The van der Waals surface area contributed by atoms with Gasteiger partial charge in [-0.15, -0.1) is 19.7 Å². The highest BCUT2D eigenvalue weighted by molar-refractivity contribution is 6.94. The van der Waals surface area contributed by atoms with E-state index in [1.165, 1.54) is 5.57 Å². The second-order valence-electron chi connectivity index (χ2n) is 11.4. The summed E-state index contributed by atoms with van der Waals surface area (Å²) < 4.78 is 19.0. The van der Waals surface area contributed by atoms with Crippen LogP contribution in [0, 0.1) is 0 Å². The summed E-state index contributed by atoms with van der Waals surface area (Å²) in [7, 11) is -8.03. The van der Waals surface area contributed by atoms with Gasteiger partial charge in [-0.25, -0.2) is 0 Å². The molecule has 1 aliphatic carbocycles. The minimum Gasteiger partial charge on any atom is -0.374 e. The Labute approximate surface area is 215 Å². The molecule has 1 rings (SSSR count). The number of allylic oxidation sites excluding steroid dienone is 7. The van der Waals surface area contributed by atoms with Crippen molar-refractivity contribution in [3.8, 4) is 0 Å². The van der Waals surface area contributed by atoms with Crippen molar-refractivity contribution < 1.29 is 13.3 Å². The van der Waals surface area contributed by atoms with Crippen molar-refractivity contribution in [2.75, 3.05) is 19.8 Å². The molecule has 0 aliphatic heterocycles. The van der Waals surface area contributed by atoms with Crippen molar-refractivity contribution >= 4 is 33.0 Å². The Bertz CT molecular complexity index is 764. The number of hydrogen-bond donors (Lipinski definition) is 0. The summed E-state index contributed by atoms with van der Waals surface area (Å²) >= 11 is 0. The molecule has 1 aliphatic rings. The van der Waals surface area contributed by atoms with Crippen LogP contribution in [-0.4, -0.2) is 52.8 Å². The fraction of sp³-hybridized carbons (Fsp3) is 0.630. The molecule has 194 valence electrons. The quantitative estimate of drug-likeness (QED) is 0.138. The zero-order chi connectivity index (χ0) is 26.2. The van der Waals surface area contributed by atoms with E-state index in [-0.39, 0.29) is 0 Å². The lowest BCUT2D eigenvalue weighted by atomic mass is 10.3. The summed E-state index contributed by atoms with van der Waals surface area (Å²) in [6, 6.07) is 4.06. The zero-order valence-electron chi connectivity index (χ0n) is 23.7. The van der Waals surface area contributed by atoms with E-state index in [4.69, 9.17) is 13.3 Å². The summed E-state index contributed by atoms with van der Waals surface area (Å²) in [5, 5.41) is 3.43. The summed E-state index contributed by atoms with van der Waals surface area (Å²) in [6.07, 6.45) is 9.06. The first-order valence-corrected chi connectivity index (χ1v) is 24.6. The lowest BCUT2D eigenvalue weighted by Gasteiger charge is -2.40. The van der Waals surface area contributed by atoms with Gasteiger partial charge in [-0.1, -0.05) is 74.0 Å². The van der Waals surface area contributed by atoms with Crippen molar-refractivity contribution in [3.63, 3.8) is 0 Å². The van der Waals surface area contributed by atoms with Gasteiger partial charge >= 0.3 is 8.80 Å². The molecule has 0 heterocycles. The van der Waals surface area contributed by atoms with E-state index in [1.54, 1.807) is 10.4 Å². The highest BCUT2D eigenvalue weighted by Crippen LogP contribution is 2.53. The van der Waals surface area contributed by atoms with Gasteiger partial charge in [-0.05, 0) is 50.0 Å². The third-order valence-corrected chi connectivity index (χ3v) is 20.6. The van der Waals surface area contributed by atoms with Gasteiger partial charge in [0.25, 0.3) is 0 Å². The van der Waals surface area contributed by atoms with Crippen LogP contribution in [0.2, 0.25) is 69.0 Å². The van der Waals surface area contributed by atoms with Crippen molar-refractivity contribution in [1.82, 2.24) is 0 Å². The Morgan fingerprint density at radius 2 is 1.18 bits per heavy atom. The molecular formula is C27H52O3Si4. The first kappa shape index (κ1) is 31.5. The van der Waals surface area contributed by atoms with Crippen LogP contribution < -0.4 is 0 Å². The van der Waals surface area contributed by atoms with Gasteiger partial charge in [-0.2, -0.15) is 0 Å². The van der Waals surface area contributed by atoms with Gasteiger partial charge < -0.3 is 13.3 Å². The van der Waals surface area contributed by atoms with Gasteiger partial charge in [-0.3, -0.25) is 0 Å². The van der Waals surface area contributed by atoms with E-state index in [9.17, 15) is 0 Å². The van der Waals surface area contributed by atoms with Gasteiger partial charge in [0.05, 0.1) is 24.2 Å². The molecule has 0 amide bonds. The molecule has 0 saturated carbocycles. The maximum atomic E-state index is 6.35. The molecular weight excluding hydrogens is 485 g/mol. The minimum atomic E-state index is -2.83. The van der Waals surface area contributed by atoms with Crippen molar-refractivity contribution in [1.29, 1.82) is 0 Å². The molecule has 0 aromatic heterocycles. The van der Waals surface area contributed by atoms with Crippen LogP contribution in [0.4, 0.5) is 0 Å². The molecule has 0 aromatic carbocycles. The second kappa shape index (κ2) is 13.1. The van der Waals surface area contributed by atoms with E-state index < -0.39 is 33.0 Å². The Balaban J connectivity index is 3.93. The van der Waals surface area contributed by atoms with Gasteiger partial charge in [0.15, 0.2) is 0 Å². The number of hydrogen-bond acceptors (Lipinski definition) is 3. The average molecular weight is 537 g/mol. The molecule has 34 heavy (non-hydrogen) atoms. The van der Waals surface area contributed by atoms with E-state index >= 15 is 0 Å². The van der Waals surface area contributed by atoms with E-state index in [0.717, 1.165) is 24.2 Å². The van der Waals surface area contributed by atoms with Crippen LogP contribution in [-0.2, 0) is 13.3 Å². The number of rotatable bonds is 17. The highest BCUT2D eigenvalue weighted by atomic mass is 28.4. The van der Waals surface area contributed by atoms with Crippen molar-refractivity contribution in [3.05, 3.63) is 60.0 Å². The SMILES string of the molecule is C=CC[Si](C)(C)C1=C([Si](C)(C)CC=C)C([Si](C)(C)CC=C)C=C1C[Si](OCC)(OCC)OCC. The van der Waals surface area contributed by atoms with E-state index in [1.807, 2.05) is 20.8 Å². The summed E-state index contributed by atoms with van der Waals surface area (Å²) in [5.41, 5.74) is 1.97. The average Bonchev–Trinajstić information content (AvgIpc) is 3.10. The van der Waals surface area contributed by atoms with E-state index in [2.05, 4.69) is 83.3 Å². The van der Waals surface area contributed by atoms with E-state index in [0.29, 0.717) is 25.4 Å². The molecule has 0 fully saturated rings. The predicted octanol–water partition coefficient (Wildman–Crippen LogP) is 8.40. The summed E-state index contributed by atoms with van der Waals surface area (Å²) in [5.74, 6) is 0. The molecule has 0 aromatic rings.